The second-order valence-corrected chi connectivity index (χ2v) is 3.55. The molecule has 0 heterocycles. The minimum Gasteiger partial charge on any atom is -0.351 e. The van der Waals surface area contributed by atoms with Gasteiger partial charge in [-0.2, -0.15) is 0 Å². The summed E-state index contributed by atoms with van der Waals surface area (Å²) >= 11 is 5.96. The highest BCUT2D eigenvalue weighted by atomic mass is 35.5. The van der Waals surface area contributed by atoms with Gasteiger partial charge in [-0.3, -0.25) is 0 Å². The number of halogens is 1. The molecule has 0 spiro atoms. The zero-order valence-corrected chi connectivity index (χ0v) is 9.07. The van der Waals surface area contributed by atoms with E-state index in [1.165, 1.54) is 4.90 Å². The molecule has 4 nitrogen and oxygen atoms in total. The van der Waals surface area contributed by atoms with Crippen LogP contribution in [-0.2, 0) is 6.54 Å². The van der Waals surface area contributed by atoms with Crippen molar-refractivity contribution in [2.24, 2.45) is 11.5 Å². The largest absolute Gasteiger partial charge is 0.351 e. The molecule has 1 aromatic rings. The van der Waals surface area contributed by atoms with Gasteiger partial charge in [-0.25, -0.2) is 4.79 Å². The molecule has 1 aromatic carbocycles. The minimum absolute atomic E-state index is 0.382. The molecule has 0 aliphatic rings. The third-order valence-corrected chi connectivity index (χ3v) is 2.40. The van der Waals surface area contributed by atoms with Gasteiger partial charge in [0.05, 0.1) is 0 Å². The Hall–Kier alpha value is -1.26. The first-order valence-electron chi connectivity index (χ1n) is 4.63. The zero-order chi connectivity index (χ0) is 11.3. The highest BCUT2D eigenvalue weighted by Gasteiger charge is 2.10. The van der Waals surface area contributed by atoms with E-state index in [1.54, 1.807) is 6.07 Å². The summed E-state index contributed by atoms with van der Waals surface area (Å²) in [7, 11) is 0. The quantitative estimate of drug-likeness (QED) is 0.811. The summed E-state index contributed by atoms with van der Waals surface area (Å²) in [6.45, 7) is 1.21. The van der Waals surface area contributed by atoms with Crippen molar-refractivity contribution in [1.82, 2.24) is 4.90 Å². The van der Waals surface area contributed by atoms with Gasteiger partial charge in [0, 0.05) is 24.7 Å². The molecule has 1 rings (SSSR count). The molecular formula is C10H14ClN3O. The van der Waals surface area contributed by atoms with Gasteiger partial charge in [-0.05, 0) is 11.6 Å². The molecule has 0 aliphatic heterocycles. The zero-order valence-electron chi connectivity index (χ0n) is 8.32. The molecule has 0 saturated heterocycles. The average Bonchev–Trinajstić information content (AvgIpc) is 2.20. The molecule has 0 aliphatic carbocycles. The van der Waals surface area contributed by atoms with Crippen LogP contribution in [-0.4, -0.2) is 24.0 Å². The van der Waals surface area contributed by atoms with Crippen LogP contribution < -0.4 is 11.5 Å². The van der Waals surface area contributed by atoms with Crippen LogP contribution in [0, 0.1) is 0 Å². The first-order chi connectivity index (χ1) is 7.15. The maximum Gasteiger partial charge on any atom is 0.315 e. The summed E-state index contributed by atoms with van der Waals surface area (Å²) in [5.41, 5.74) is 11.5. The lowest BCUT2D eigenvalue weighted by Crippen LogP contribution is -2.38. The van der Waals surface area contributed by atoms with Gasteiger partial charge in [0.1, 0.15) is 0 Å². The molecule has 2 amide bonds. The third kappa shape index (κ3) is 3.42. The van der Waals surface area contributed by atoms with Crippen LogP contribution in [0.25, 0.3) is 0 Å². The van der Waals surface area contributed by atoms with E-state index in [-0.39, 0.29) is 0 Å². The first-order valence-corrected chi connectivity index (χ1v) is 5.00. The number of rotatable bonds is 4. The predicted octanol–water partition coefficient (Wildman–Crippen LogP) is 1.18. The SMILES string of the molecule is NCCN(Cc1ccccc1Cl)C(N)=O. The molecule has 5 heteroatoms. The Labute approximate surface area is 93.8 Å². The maximum atomic E-state index is 11.1. The maximum absolute atomic E-state index is 11.1. The number of nitrogens with two attached hydrogens (primary N) is 2. The van der Waals surface area contributed by atoms with Crippen molar-refractivity contribution in [3.8, 4) is 0 Å². The lowest BCUT2D eigenvalue weighted by atomic mass is 10.2. The summed E-state index contributed by atoms with van der Waals surface area (Å²) in [6.07, 6.45) is 0. The van der Waals surface area contributed by atoms with E-state index in [0.29, 0.717) is 24.7 Å². The molecule has 82 valence electrons. The van der Waals surface area contributed by atoms with Gasteiger partial charge in [-0.1, -0.05) is 29.8 Å². The number of urea groups is 1. The van der Waals surface area contributed by atoms with Crippen LogP contribution in [0.1, 0.15) is 5.56 Å². The molecular weight excluding hydrogens is 214 g/mol. The van der Waals surface area contributed by atoms with E-state index in [9.17, 15) is 4.79 Å². The van der Waals surface area contributed by atoms with Crippen molar-refractivity contribution in [3.05, 3.63) is 34.9 Å². The van der Waals surface area contributed by atoms with E-state index in [2.05, 4.69) is 0 Å². The monoisotopic (exact) mass is 227 g/mol. The van der Waals surface area contributed by atoms with Crippen LogP contribution in [0.3, 0.4) is 0 Å². The molecule has 0 saturated carbocycles. The van der Waals surface area contributed by atoms with Crippen LogP contribution in [0.15, 0.2) is 24.3 Å². The van der Waals surface area contributed by atoms with Gasteiger partial charge in [-0.15, -0.1) is 0 Å². The molecule has 0 fully saturated rings. The Balaban J connectivity index is 2.74. The molecule has 0 bridgehead atoms. The molecule has 0 unspecified atom stereocenters. The van der Waals surface area contributed by atoms with E-state index in [1.807, 2.05) is 18.2 Å². The second kappa shape index (κ2) is 5.58. The summed E-state index contributed by atoms with van der Waals surface area (Å²) in [5.74, 6) is 0. The van der Waals surface area contributed by atoms with Crippen LogP contribution >= 0.6 is 11.6 Å². The lowest BCUT2D eigenvalue weighted by Gasteiger charge is -2.19. The number of carbonyl (C=O) groups is 1. The van der Waals surface area contributed by atoms with Crippen molar-refractivity contribution in [1.29, 1.82) is 0 Å². The molecule has 4 N–H and O–H groups in total. The third-order valence-electron chi connectivity index (χ3n) is 2.03. The number of hydrogen-bond acceptors (Lipinski definition) is 2. The average molecular weight is 228 g/mol. The number of primary amides is 1. The second-order valence-electron chi connectivity index (χ2n) is 3.14. The van der Waals surface area contributed by atoms with Crippen molar-refractivity contribution >= 4 is 17.6 Å². The summed E-state index contributed by atoms with van der Waals surface area (Å²) in [6, 6.07) is 6.85. The summed E-state index contributed by atoms with van der Waals surface area (Å²) in [5, 5.41) is 0.626. The van der Waals surface area contributed by atoms with Gasteiger partial charge in [0.2, 0.25) is 0 Å². The Morgan fingerprint density at radius 1 is 1.40 bits per heavy atom. The van der Waals surface area contributed by atoms with Gasteiger partial charge in [0.25, 0.3) is 0 Å². The van der Waals surface area contributed by atoms with Crippen molar-refractivity contribution in [2.75, 3.05) is 13.1 Å². The fraction of sp³-hybridized carbons (Fsp3) is 0.300. The lowest BCUT2D eigenvalue weighted by molar-refractivity contribution is 0.206. The highest BCUT2D eigenvalue weighted by molar-refractivity contribution is 6.31. The number of hydrogen-bond donors (Lipinski definition) is 2. The fourth-order valence-corrected chi connectivity index (χ4v) is 1.45. The van der Waals surface area contributed by atoms with E-state index >= 15 is 0 Å². The first kappa shape index (κ1) is 11.8. The van der Waals surface area contributed by atoms with Crippen molar-refractivity contribution in [2.45, 2.75) is 6.54 Å². The summed E-state index contributed by atoms with van der Waals surface area (Å²) < 4.78 is 0. The number of nitrogens with zero attached hydrogens (tertiary/aromatic N) is 1. The molecule has 15 heavy (non-hydrogen) atoms. The molecule has 0 radical (unpaired) electrons. The number of carbonyl (C=O) groups excluding carboxylic acids is 1. The normalized spacial score (nSPS) is 10.0. The van der Waals surface area contributed by atoms with E-state index in [4.69, 9.17) is 23.1 Å². The topological polar surface area (TPSA) is 72.3 Å². The summed E-state index contributed by atoms with van der Waals surface area (Å²) in [4.78, 5) is 12.5. The van der Waals surface area contributed by atoms with Crippen molar-refractivity contribution < 1.29 is 4.79 Å². The minimum atomic E-state index is -0.486. The van der Waals surface area contributed by atoms with Gasteiger partial charge < -0.3 is 16.4 Å². The molecule has 0 atom stereocenters. The standard InChI is InChI=1S/C10H14ClN3O/c11-9-4-2-1-3-8(9)7-14(6-5-12)10(13)15/h1-4H,5-7,12H2,(H2,13,15). The molecule has 0 aromatic heterocycles. The Bertz CT molecular complexity index is 343. The van der Waals surface area contributed by atoms with Crippen LogP contribution in [0.4, 0.5) is 4.79 Å². The Morgan fingerprint density at radius 3 is 2.60 bits per heavy atom. The number of benzene rings is 1. The van der Waals surface area contributed by atoms with Crippen molar-refractivity contribution in [3.63, 3.8) is 0 Å². The fourth-order valence-electron chi connectivity index (χ4n) is 1.26. The van der Waals surface area contributed by atoms with Crippen LogP contribution in [0.5, 0.6) is 0 Å². The number of amides is 2. The smallest absolute Gasteiger partial charge is 0.315 e. The van der Waals surface area contributed by atoms with Gasteiger partial charge in [0.15, 0.2) is 0 Å². The van der Waals surface area contributed by atoms with E-state index < -0.39 is 6.03 Å². The highest BCUT2D eigenvalue weighted by Crippen LogP contribution is 2.16. The van der Waals surface area contributed by atoms with Crippen LogP contribution in [0.2, 0.25) is 5.02 Å². The van der Waals surface area contributed by atoms with Gasteiger partial charge >= 0.3 is 6.03 Å². The predicted molar refractivity (Wildman–Crippen MR) is 60.5 cm³/mol. The van der Waals surface area contributed by atoms with E-state index in [0.717, 1.165) is 5.56 Å². The Kier molecular flexibility index (Phi) is 4.39. The Morgan fingerprint density at radius 2 is 2.07 bits per heavy atom.